The summed E-state index contributed by atoms with van der Waals surface area (Å²) in [6, 6.07) is 6.14. The molecule has 0 aliphatic heterocycles. The number of rotatable bonds is 2. The first kappa shape index (κ1) is 11.4. The zero-order valence-corrected chi connectivity index (χ0v) is 11.0. The van der Waals surface area contributed by atoms with Gasteiger partial charge in [0.05, 0.1) is 11.4 Å². The summed E-state index contributed by atoms with van der Waals surface area (Å²) in [5.74, 6) is 0. The minimum Gasteiger partial charge on any atom is -0.326 e. The van der Waals surface area contributed by atoms with E-state index in [1.54, 1.807) is 0 Å². The van der Waals surface area contributed by atoms with Crippen LogP contribution in [0.1, 0.15) is 16.8 Å². The molecule has 0 spiro atoms. The summed E-state index contributed by atoms with van der Waals surface area (Å²) in [4.78, 5) is 0. The zero-order valence-electron chi connectivity index (χ0n) is 9.37. The zero-order chi connectivity index (χ0) is 11.7. The van der Waals surface area contributed by atoms with Gasteiger partial charge in [0.25, 0.3) is 0 Å². The van der Waals surface area contributed by atoms with Crippen LogP contribution >= 0.6 is 15.9 Å². The molecule has 0 fully saturated rings. The van der Waals surface area contributed by atoms with Crippen molar-refractivity contribution in [2.75, 3.05) is 0 Å². The fourth-order valence-corrected chi connectivity index (χ4v) is 2.17. The van der Waals surface area contributed by atoms with Crippen molar-refractivity contribution < 1.29 is 0 Å². The van der Waals surface area contributed by atoms with Crippen LogP contribution in [0.3, 0.4) is 0 Å². The van der Waals surface area contributed by atoms with Crippen molar-refractivity contribution in [3.8, 4) is 5.69 Å². The quantitative estimate of drug-likeness (QED) is 0.919. The third-order valence-electron chi connectivity index (χ3n) is 2.63. The summed E-state index contributed by atoms with van der Waals surface area (Å²) < 4.78 is 2.97. The Morgan fingerprint density at radius 1 is 1.38 bits per heavy atom. The first-order chi connectivity index (χ1) is 7.61. The smallest absolute Gasteiger partial charge is 0.0675 e. The van der Waals surface area contributed by atoms with Gasteiger partial charge < -0.3 is 5.73 Å². The van der Waals surface area contributed by atoms with Crippen molar-refractivity contribution >= 4 is 15.9 Å². The largest absolute Gasteiger partial charge is 0.326 e. The molecule has 0 aliphatic carbocycles. The van der Waals surface area contributed by atoms with E-state index in [0.29, 0.717) is 6.54 Å². The van der Waals surface area contributed by atoms with Crippen molar-refractivity contribution in [1.29, 1.82) is 0 Å². The summed E-state index contributed by atoms with van der Waals surface area (Å²) in [6.45, 7) is 4.58. The van der Waals surface area contributed by atoms with Gasteiger partial charge in [0, 0.05) is 22.8 Å². The highest BCUT2D eigenvalue weighted by molar-refractivity contribution is 9.10. The fourth-order valence-electron chi connectivity index (χ4n) is 1.70. The van der Waals surface area contributed by atoms with Crippen LogP contribution in [0.25, 0.3) is 5.69 Å². The topological polar surface area (TPSA) is 43.8 Å². The molecule has 4 heteroatoms. The van der Waals surface area contributed by atoms with Gasteiger partial charge in [0.15, 0.2) is 0 Å². The van der Waals surface area contributed by atoms with Crippen molar-refractivity contribution in [2.24, 2.45) is 5.73 Å². The van der Waals surface area contributed by atoms with Crippen LogP contribution in [-0.2, 0) is 6.54 Å². The molecule has 16 heavy (non-hydrogen) atoms. The van der Waals surface area contributed by atoms with Crippen LogP contribution in [0.2, 0.25) is 0 Å². The average molecular weight is 280 g/mol. The Hall–Kier alpha value is -1.13. The number of hydrogen-bond donors (Lipinski definition) is 1. The Morgan fingerprint density at radius 2 is 2.12 bits per heavy atom. The average Bonchev–Trinajstić information content (AvgIpc) is 2.59. The number of aromatic nitrogens is 2. The standard InChI is InChI=1S/C12H14BrN3/c1-8-5-11(13)3-4-12(8)16-7-10(6-14)9(2)15-16/h3-5,7H,6,14H2,1-2H3. The number of nitrogens with zero attached hydrogens (tertiary/aromatic N) is 2. The summed E-state index contributed by atoms with van der Waals surface area (Å²) in [6.07, 6.45) is 1.99. The number of hydrogen-bond acceptors (Lipinski definition) is 2. The van der Waals surface area contributed by atoms with Gasteiger partial charge >= 0.3 is 0 Å². The second-order valence-corrected chi connectivity index (χ2v) is 4.73. The highest BCUT2D eigenvalue weighted by atomic mass is 79.9. The lowest BCUT2D eigenvalue weighted by Crippen LogP contribution is -1.97. The third kappa shape index (κ3) is 2.03. The van der Waals surface area contributed by atoms with Gasteiger partial charge in [-0.25, -0.2) is 4.68 Å². The van der Waals surface area contributed by atoms with Crippen molar-refractivity contribution in [1.82, 2.24) is 9.78 Å². The molecule has 1 aromatic carbocycles. The minimum absolute atomic E-state index is 0.529. The Morgan fingerprint density at radius 3 is 2.69 bits per heavy atom. The van der Waals surface area contributed by atoms with E-state index in [-0.39, 0.29) is 0 Å². The van der Waals surface area contributed by atoms with Gasteiger partial charge in [-0.1, -0.05) is 15.9 Å². The van der Waals surface area contributed by atoms with E-state index in [1.165, 1.54) is 5.56 Å². The van der Waals surface area contributed by atoms with Gasteiger partial charge in [-0.05, 0) is 37.6 Å². The Bertz CT molecular complexity index is 517. The summed E-state index contributed by atoms with van der Waals surface area (Å²) >= 11 is 3.45. The van der Waals surface area contributed by atoms with Crippen LogP contribution in [0, 0.1) is 13.8 Å². The lowest BCUT2D eigenvalue weighted by molar-refractivity contribution is 0.855. The number of aryl methyl sites for hydroxylation is 2. The molecular formula is C12H14BrN3. The predicted molar refractivity (Wildman–Crippen MR) is 68.6 cm³/mol. The summed E-state index contributed by atoms with van der Waals surface area (Å²) in [5.41, 5.74) is 9.99. The Kier molecular flexibility index (Phi) is 3.12. The lowest BCUT2D eigenvalue weighted by atomic mass is 10.2. The molecule has 0 saturated carbocycles. The molecule has 1 heterocycles. The fraction of sp³-hybridized carbons (Fsp3) is 0.250. The molecule has 0 aliphatic rings. The maximum absolute atomic E-state index is 5.64. The van der Waals surface area contributed by atoms with Crippen LogP contribution in [0.4, 0.5) is 0 Å². The second-order valence-electron chi connectivity index (χ2n) is 3.82. The van der Waals surface area contributed by atoms with Crippen LogP contribution in [0.5, 0.6) is 0 Å². The molecule has 0 amide bonds. The molecule has 0 radical (unpaired) electrons. The van der Waals surface area contributed by atoms with E-state index in [1.807, 2.05) is 29.9 Å². The molecule has 0 atom stereocenters. The van der Waals surface area contributed by atoms with E-state index in [0.717, 1.165) is 21.4 Å². The maximum atomic E-state index is 5.64. The van der Waals surface area contributed by atoms with E-state index in [4.69, 9.17) is 5.73 Å². The molecule has 1 aromatic heterocycles. The minimum atomic E-state index is 0.529. The number of benzene rings is 1. The number of halogens is 1. The van der Waals surface area contributed by atoms with E-state index in [2.05, 4.69) is 34.0 Å². The molecule has 0 bridgehead atoms. The summed E-state index contributed by atoms with van der Waals surface area (Å²) in [5, 5.41) is 4.46. The van der Waals surface area contributed by atoms with Crippen LogP contribution < -0.4 is 5.73 Å². The Labute approximate surface area is 103 Å². The maximum Gasteiger partial charge on any atom is 0.0675 e. The molecule has 0 unspecified atom stereocenters. The van der Waals surface area contributed by atoms with Gasteiger partial charge in [0.2, 0.25) is 0 Å². The molecule has 84 valence electrons. The van der Waals surface area contributed by atoms with Crippen molar-refractivity contribution in [3.05, 3.63) is 45.7 Å². The molecule has 2 aromatic rings. The lowest BCUT2D eigenvalue weighted by Gasteiger charge is -2.05. The van der Waals surface area contributed by atoms with Gasteiger partial charge in [-0.15, -0.1) is 0 Å². The van der Waals surface area contributed by atoms with Gasteiger partial charge in [0.1, 0.15) is 0 Å². The number of nitrogens with two attached hydrogens (primary N) is 1. The highest BCUT2D eigenvalue weighted by Gasteiger charge is 2.06. The monoisotopic (exact) mass is 279 g/mol. The van der Waals surface area contributed by atoms with Crippen LogP contribution in [-0.4, -0.2) is 9.78 Å². The molecule has 0 saturated heterocycles. The van der Waals surface area contributed by atoms with Gasteiger partial charge in [-0.2, -0.15) is 5.10 Å². The van der Waals surface area contributed by atoms with E-state index in [9.17, 15) is 0 Å². The third-order valence-corrected chi connectivity index (χ3v) is 3.12. The first-order valence-corrected chi connectivity index (χ1v) is 5.93. The molecule has 3 nitrogen and oxygen atoms in total. The van der Waals surface area contributed by atoms with Crippen molar-refractivity contribution in [2.45, 2.75) is 20.4 Å². The normalized spacial score (nSPS) is 10.8. The van der Waals surface area contributed by atoms with Crippen LogP contribution in [0.15, 0.2) is 28.9 Å². The molecular weight excluding hydrogens is 266 g/mol. The van der Waals surface area contributed by atoms with Gasteiger partial charge in [-0.3, -0.25) is 0 Å². The van der Waals surface area contributed by atoms with E-state index < -0.39 is 0 Å². The Balaban J connectivity index is 2.50. The molecule has 2 rings (SSSR count). The van der Waals surface area contributed by atoms with Crippen molar-refractivity contribution in [3.63, 3.8) is 0 Å². The predicted octanol–water partition coefficient (Wildman–Crippen LogP) is 2.71. The summed E-state index contributed by atoms with van der Waals surface area (Å²) in [7, 11) is 0. The molecule has 2 N–H and O–H groups in total. The SMILES string of the molecule is Cc1cc(Br)ccc1-n1cc(CN)c(C)n1. The van der Waals surface area contributed by atoms with E-state index >= 15 is 0 Å². The first-order valence-electron chi connectivity index (χ1n) is 5.13. The highest BCUT2D eigenvalue weighted by Crippen LogP contribution is 2.20. The second kappa shape index (κ2) is 4.39.